The summed E-state index contributed by atoms with van der Waals surface area (Å²) in [7, 11) is 0. The zero-order valence-electron chi connectivity index (χ0n) is 17.6. The van der Waals surface area contributed by atoms with Crippen molar-refractivity contribution in [2.75, 3.05) is 25.0 Å². The molecule has 0 spiro atoms. The molecule has 1 aliphatic rings. The Kier molecular flexibility index (Phi) is 5.20. The number of nitrogens with zero attached hydrogens (tertiary/aromatic N) is 2. The van der Waals surface area contributed by atoms with Crippen LogP contribution in [0.15, 0.2) is 64.5 Å². The number of aromatic amines is 2. The second kappa shape index (κ2) is 8.32. The Morgan fingerprint density at radius 1 is 1.19 bits per heavy atom. The first kappa shape index (κ1) is 20.0. The summed E-state index contributed by atoms with van der Waals surface area (Å²) in [5, 5.41) is 17.0. The lowest BCUT2D eigenvalue weighted by molar-refractivity contribution is 0.191. The van der Waals surface area contributed by atoms with Crippen molar-refractivity contribution in [3.8, 4) is 11.4 Å². The molecule has 0 aliphatic carbocycles. The minimum atomic E-state index is -0.705. The molecule has 0 saturated carbocycles. The van der Waals surface area contributed by atoms with Gasteiger partial charge in [0.05, 0.1) is 29.4 Å². The van der Waals surface area contributed by atoms with Crippen LogP contribution in [0, 0.1) is 6.92 Å². The third-order valence-electron chi connectivity index (χ3n) is 5.59. The summed E-state index contributed by atoms with van der Waals surface area (Å²) in [5.74, 6) is 1.35. The van der Waals surface area contributed by atoms with Crippen LogP contribution in [0.1, 0.15) is 22.8 Å². The number of nitrogens with one attached hydrogen (secondary N) is 4. The third-order valence-corrected chi connectivity index (χ3v) is 5.59. The van der Waals surface area contributed by atoms with Gasteiger partial charge in [-0.15, -0.1) is 0 Å². The molecule has 0 unspecified atom stereocenters. The van der Waals surface area contributed by atoms with Crippen LogP contribution in [-0.2, 0) is 0 Å². The lowest BCUT2D eigenvalue weighted by Gasteiger charge is -2.14. The Morgan fingerprint density at radius 3 is 2.81 bits per heavy atom. The van der Waals surface area contributed by atoms with Gasteiger partial charge in [0.25, 0.3) is 5.56 Å². The van der Waals surface area contributed by atoms with Crippen molar-refractivity contribution >= 4 is 22.6 Å². The van der Waals surface area contributed by atoms with Crippen molar-refractivity contribution < 1.29 is 5.11 Å². The molecule has 1 aliphatic heterocycles. The standard InChI is InChI=1S/C24H24N6O2/c1-14-11-16(22-25-9-10-26-22)12-18-21(14)30-23(29-18)20-17(7-8-27-24(20)32)28-13-19(31)15-5-3-2-4-6-15/h2-8,11-12,19,31H,9-10,13H2,1H3,(H,25,26)(H,29,30)(H2,27,28,32)/t19-/m1/s1. The number of hydrogen-bond donors (Lipinski definition) is 5. The van der Waals surface area contributed by atoms with Gasteiger partial charge >= 0.3 is 0 Å². The number of aromatic nitrogens is 3. The van der Waals surface area contributed by atoms with E-state index in [0.717, 1.165) is 46.6 Å². The highest BCUT2D eigenvalue weighted by Crippen LogP contribution is 2.27. The van der Waals surface area contributed by atoms with Gasteiger partial charge in [-0.2, -0.15) is 0 Å². The summed E-state index contributed by atoms with van der Waals surface area (Å²) in [4.78, 5) is 28.0. The van der Waals surface area contributed by atoms with Gasteiger partial charge in [-0.3, -0.25) is 9.79 Å². The van der Waals surface area contributed by atoms with Crippen LogP contribution < -0.4 is 16.2 Å². The fourth-order valence-electron chi connectivity index (χ4n) is 4.00. The largest absolute Gasteiger partial charge is 0.387 e. The van der Waals surface area contributed by atoms with Crippen LogP contribution in [0.3, 0.4) is 0 Å². The first-order chi connectivity index (χ1) is 15.6. The normalized spacial score (nSPS) is 14.2. The van der Waals surface area contributed by atoms with E-state index in [2.05, 4.69) is 31.7 Å². The maximum Gasteiger partial charge on any atom is 0.261 e. The molecule has 8 heteroatoms. The highest BCUT2D eigenvalue weighted by molar-refractivity contribution is 6.03. The number of H-pyrrole nitrogens is 2. The molecule has 162 valence electrons. The van der Waals surface area contributed by atoms with Crippen molar-refractivity contribution in [2.45, 2.75) is 13.0 Å². The molecule has 1 atom stereocenters. The molecule has 0 fully saturated rings. The van der Waals surface area contributed by atoms with Gasteiger partial charge in [-0.05, 0) is 36.2 Å². The third kappa shape index (κ3) is 3.76. The predicted molar refractivity (Wildman–Crippen MR) is 126 cm³/mol. The predicted octanol–water partition coefficient (Wildman–Crippen LogP) is 2.72. The Bertz CT molecular complexity index is 1360. The zero-order valence-corrected chi connectivity index (χ0v) is 17.6. The van der Waals surface area contributed by atoms with E-state index in [1.807, 2.05) is 43.3 Å². The van der Waals surface area contributed by atoms with Gasteiger partial charge in [-0.25, -0.2) is 4.98 Å². The molecule has 3 heterocycles. The van der Waals surface area contributed by atoms with Crippen molar-refractivity contribution in [3.63, 3.8) is 0 Å². The Hall–Kier alpha value is -3.91. The fourth-order valence-corrected chi connectivity index (χ4v) is 4.00. The van der Waals surface area contributed by atoms with Gasteiger partial charge < -0.3 is 25.7 Å². The van der Waals surface area contributed by atoms with E-state index < -0.39 is 6.10 Å². The van der Waals surface area contributed by atoms with Gasteiger partial charge in [0, 0.05) is 24.8 Å². The number of rotatable bonds is 6. The number of fused-ring (bicyclic) bond motifs is 1. The summed E-state index contributed by atoms with van der Waals surface area (Å²) >= 11 is 0. The number of anilines is 1. The van der Waals surface area contributed by atoms with Crippen LogP contribution in [-0.4, -0.2) is 45.5 Å². The lowest BCUT2D eigenvalue weighted by Crippen LogP contribution is -2.19. The number of amidine groups is 1. The number of aryl methyl sites for hydroxylation is 1. The first-order valence-electron chi connectivity index (χ1n) is 10.6. The van der Waals surface area contributed by atoms with E-state index in [0.29, 0.717) is 17.1 Å². The molecule has 8 nitrogen and oxygen atoms in total. The van der Waals surface area contributed by atoms with E-state index in [4.69, 9.17) is 4.98 Å². The molecule has 0 saturated heterocycles. The molecule has 32 heavy (non-hydrogen) atoms. The maximum atomic E-state index is 12.7. The molecule has 5 N–H and O–H groups in total. The Morgan fingerprint density at radius 2 is 2.03 bits per heavy atom. The van der Waals surface area contributed by atoms with Crippen LogP contribution in [0.25, 0.3) is 22.4 Å². The summed E-state index contributed by atoms with van der Waals surface area (Å²) < 4.78 is 0. The van der Waals surface area contributed by atoms with Crippen molar-refractivity contribution in [3.05, 3.63) is 81.8 Å². The average molecular weight is 428 g/mol. The number of aliphatic imine (C=N–C) groups is 1. The number of pyridine rings is 1. The highest BCUT2D eigenvalue weighted by Gasteiger charge is 2.18. The number of benzene rings is 2. The van der Waals surface area contributed by atoms with Crippen LogP contribution in [0.4, 0.5) is 5.69 Å². The van der Waals surface area contributed by atoms with E-state index in [1.54, 1.807) is 12.3 Å². The van der Waals surface area contributed by atoms with Gasteiger partial charge in [0.1, 0.15) is 17.2 Å². The summed E-state index contributed by atoms with van der Waals surface area (Å²) in [6.07, 6.45) is 0.877. The second-order valence-corrected chi connectivity index (χ2v) is 7.83. The minimum absolute atomic E-state index is 0.259. The fraction of sp³-hybridized carbons (Fsp3) is 0.208. The molecular weight excluding hydrogens is 404 g/mol. The lowest BCUT2D eigenvalue weighted by atomic mass is 10.1. The smallest absolute Gasteiger partial charge is 0.261 e. The van der Waals surface area contributed by atoms with E-state index >= 15 is 0 Å². The molecule has 0 radical (unpaired) electrons. The summed E-state index contributed by atoms with van der Waals surface area (Å²) in [6, 6.07) is 15.2. The first-order valence-corrected chi connectivity index (χ1v) is 10.6. The van der Waals surface area contributed by atoms with Gasteiger partial charge in [0.15, 0.2) is 0 Å². The van der Waals surface area contributed by atoms with Crippen LogP contribution >= 0.6 is 0 Å². The average Bonchev–Trinajstić information content (AvgIpc) is 3.48. The number of aliphatic hydroxyl groups is 1. The minimum Gasteiger partial charge on any atom is -0.387 e. The molecule has 0 amide bonds. The van der Waals surface area contributed by atoms with Crippen molar-refractivity contribution in [1.29, 1.82) is 0 Å². The van der Waals surface area contributed by atoms with Crippen molar-refractivity contribution in [2.24, 2.45) is 4.99 Å². The molecular formula is C24H24N6O2. The van der Waals surface area contributed by atoms with E-state index in [-0.39, 0.29) is 12.1 Å². The molecule has 2 aromatic heterocycles. The molecule has 5 rings (SSSR count). The SMILES string of the molecule is Cc1cc(C2=NCCN2)cc2[nH]c(-c3c(NC[C@@H](O)c4ccccc4)cc[nH]c3=O)nc12. The van der Waals surface area contributed by atoms with Gasteiger partial charge in [-0.1, -0.05) is 30.3 Å². The molecule has 0 bridgehead atoms. The highest BCUT2D eigenvalue weighted by atomic mass is 16.3. The monoisotopic (exact) mass is 428 g/mol. The topological polar surface area (TPSA) is 118 Å². The van der Waals surface area contributed by atoms with Crippen molar-refractivity contribution in [1.82, 2.24) is 20.3 Å². The van der Waals surface area contributed by atoms with E-state index in [1.165, 1.54) is 0 Å². The Labute approximate surface area is 184 Å². The number of imidazole rings is 1. The van der Waals surface area contributed by atoms with Gasteiger partial charge in [0.2, 0.25) is 0 Å². The second-order valence-electron chi connectivity index (χ2n) is 7.83. The maximum absolute atomic E-state index is 12.7. The summed E-state index contributed by atoms with van der Waals surface area (Å²) in [5.41, 5.74) is 5.19. The molecule has 4 aromatic rings. The Balaban J connectivity index is 1.49. The van der Waals surface area contributed by atoms with Crippen LogP contribution in [0.2, 0.25) is 0 Å². The summed E-state index contributed by atoms with van der Waals surface area (Å²) in [6.45, 7) is 3.86. The number of hydrogen-bond acceptors (Lipinski definition) is 6. The van der Waals surface area contributed by atoms with Crippen LogP contribution in [0.5, 0.6) is 0 Å². The molecule has 2 aromatic carbocycles. The van der Waals surface area contributed by atoms with E-state index in [9.17, 15) is 9.90 Å². The zero-order chi connectivity index (χ0) is 22.1. The number of aliphatic hydroxyl groups excluding tert-OH is 1. The quantitative estimate of drug-likeness (QED) is 0.324.